The van der Waals surface area contributed by atoms with Gasteiger partial charge in [-0.1, -0.05) is 51.9 Å². The van der Waals surface area contributed by atoms with Gasteiger partial charge >= 0.3 is 5.97 Å². The van der Waals surface area contributed by atoms with E-state index in [9.17, 15) is 4.79 Å². The van der Waals surface area contributed by atoms with E-state index >= 15 is 0 Å². The van der Waals surface area contributed by atoms with Crippen LogP contribution in [-0.4, -0.2) is 24.7 Å². The molecule has 1 atom stereocenters. The Morgan fingerprint density at radius 1 is 1.11 bits per heavy atom. The van der Waals surface area contributed by atoms with Crippen LogP contribution in [0, 0.1) is 0 Å². The lowest BCUT2D eigenvalue weighted by atomic mass is 10.0. The number of hydrogen-bond donors (Lipinski definition) is 1. The molecule has 0 bridgehead atoms. The topological polar surface area (TPSA) is 38.3 Å². The van der Waals surface area contributed by atoms with Crippen molar-refractivity contribution >= 4 is 5.97 Å². The second-order valence-electron chi connectivity index (χ2n) is 5.66. The Labute approximate surface area is 118 Å². The van der Waals surface area contributed by atoms with Crippen LogP contribution in [0.2, 0.25) is 0 Å². The average molecular weight is 269 g/mol. The number of esters is 1. The van der Waals surface area contributed by atoms with Gasteiger partial charge in [-0.25, -0.2) is 0 Å². The van der Waals surface area contributed by atoms with Crippen molar-refractivity contribution in [2.24, 2.45) is 0 Å². The molecule has 1 N–H and O–H groups in total. The van der Waals surface area contributed by atoms with Crippen LogP contribution >= 0.6 is 0 Å². The number of hydrogen-bond acceptors (Lipinski definition) is 3. The van der Waals surface area contributed by atoms with Crippen LogP contribution in [0.25, 0.3) is 0 Å². The van der Waals surface area contributed by atoms with Gasteiger partial charge in [-0.15, -0.1) is 0 Å². The highest BCUT2D eigenvalue weighted by atomic mass is 16.5. The summed E-state index contributed by atoms with van der Waals surface area (Å²) in [5.74, 6) is -0.0552. The van der Waals surface area contributed by atoms with Gasteiger partial charge in [0.25, 0.3) is 0 Å². The quantitative estimate of drug-likeness (QED) is 0.432. The molecule has 0 aromatic heterocycles. The molecule has 0 aliphatic heterocycles. The summed E-state index contributed by atoms with van der Waals surface area (Å²) in [6.07, 6.45) is 12.4. The lowest BCUT2D eigenvalue weighted by Gasteiger charge is -2.16. The second kappa shape index (κ2) is 10.2. The zero-order valence-electron chi connectivity index (χ0n) is 12.7. The smallest absolute Gasteiger partial charge is 0.323 e. The predicted molar refractivity (Wildman–Crippen MR) is 79.2 cm³/mol. The molecule has 1 saturated carbocycles. The summed E-state index contributed by atoms with van der Waals surface area (Å²) in [4.78, 5) is 11.8. The Hall–Kier alpha value is -0.570. The molecule has 112 valence electrons. The van der Waals surface area contributed by atoms with Gasteiger partial charge in [-0.2, -0.15) is 0 Å². The molecule has 3 nitrogen and oxygen atoms in total. The van der Waals surface area contributed by atoms with E-state index in [4.69, 9.17) is 4.74 Å². The van der Waals surface area contributed by atoms with Crippen LogP contribution in [0.15, 0.2) is 0 Å². The number of unbranched alkanes of at least 4 members (excludes halogenated alkanes) is 6. The highest BCUT2D eigenvalue weighted by molar-refractivity contribution is 5.75. The van der Waals surface area contributed by atoms with Crippen LogP contribution in [0.1, 0.15) is 78.1 Å². The predicted octanol–water partition coefficient (Wildman–Crippen LogP) is 3.81. The van der Waals surface area contributed by atoms with Crippen LogP contribution in [-0.2, 0) is 9.53 Å². The zero-order chi connectivity index (χ0) is 13.9. The van der Waals surface area contributed by atoms with Crippen molar-refractivity contribution in [3.8, 4) is 0 Å². The van der Waals surface area contributed by atoms with Crippen LogP contribution < -0.4 is 5.32 Å². The fourth-order valence-electron chi connectivity index (χ4n) is 2.35. The molecule has 1 fully saturated rings. The highest BCUT2D eigenvalue weighted by Crippen LogP contribution is 2.21. The fourth-order valence-corrected chi connectivity index (χ4v) is 2.35. The maximum absolute atomic E-state index is 11.8. The van der Waals surface area contributed by atoms with Gasteiger partial charge in [0.1, 0.15) is 6.04 Å². The minimum atomic E-state index is -0.0666. The molecule has 0 amide bonds. The summed E-state index contributed by atoms with van der Waals surface area (Å²) in [5.41, 5.74) is 0. The normalized spacial score (nSPS) is 16.3. The van der Waals surface area contributed by atoms with Gasteiger partial charge < -0.3 is 10.1 Å². The number of nitrogens with one attached hydrogen (secondary N) is 1. The molecule has 0 saturated heterocycles. The molecular formula is C16H31NO2. The van der Waals surface area contributed by atoms with E-state index in [0.29, 0.717) is 12.6 Å². The first-order valence-electron chi connectivity index (χ1n) is 8.20. The van der Waals surface area contributed by atoms with E-state index < -0.39 is 0 Å². The van der Waals surface area contributed by atoms with Gasteiger partial charge in [0.15, 0.2) is 0 Å². The Morgan fingerprint density at radius 2 is 1.74 bits per heavy atom. The molecule has 1 aliphatic rings. The monoisotopic (exact) mass is 269 g/mol. The largest absolute Gasteiger partial charge is 0.465 e. The first-order valence-corrected chi connectivity index (χ1v) is 8.20. The van der Waals surface area contributed by atoms with Crippen molar-refractivity contribution in [3.63, 3.8) is 0 Å². The molecule has 1 unspecified atom stereocenters. The molecule has 1 aliphatic carbocycles. The minimum Gasteiger partial charge on any atom is -0.465 e. The minimum absolute atomic E-state index is 0.0552. The summed E-state index contributed by atoms with van der Waals surface area (Å²) < 4.78 is 5.14. The van der Waals surface area contributed by atoms with Crippen LogP contribution in [0.3, 0.4) is 0 Å². The molecule has 0 aromatic rings. The van der Waals surface area contributed by atoms with Crippen molar-refractivity contribution in [1.29, 1.82) is 0 Å². The molecule has 0 aromatic carbocycles. The Kier molecular flexibility index (Phi) is 8.89. The van der Waals surface area contributed by atoms with E-state index in [1.165, 1.54) is 51.4 Å². The van der Waals surface area contributed by atoms with Crippen LogP contribution in [0.4, 0.5) is 0 Å². The van der Waals surface area contributed by atoms with Crippen molar-refractivity contribution in [2.45, 2.75) is 90.1 Å². The maximum atomic E-state index is 11.8. The van der Waals surface area contributed by atoms with Crippen molar-refractivity contribution in [2.75, 3.05) is 6.61 Å². The van der Waals surface area contributed by atoms with Gasteiger partial charge in [0.05, 0.1) is 6.61 Å². The Bertz CT molecular complexity index is 239. The zero-order valence-corrected chi connectivity index (χ0v) is 12.7. The van der Waals surface area contributed by atoms with Crippen molar-refractivity contribution < 1.29 is 9.53 Å². The summed E-state index contributed by atoms with van der Waals surface area (Å²) >= 11 is 0. The molecule has 0 heterocycles. The summed E-state index contributed by atoms with van der Waals surface area (Å²) in [5, 5.41) is 3.41. The lowest BCUT2D eigenvalue weighted by Crippen LogP contribution is -2.39. The fraction of sp³-hybridized carbons (Fsp3) is 0.938. The number of carbonyl (C=O) groups excluding carboxylic acids is 1. The third-order valence-electron chi connectivity index (χ3n) is 3.68. The second-order valence-corrected chi connectivity index (χ2v) is 5.66. The van der Waals surface area contributed by atoms with Gasteiger partial charge in [0, 0.05) is 6.04 Å². The van der Waals surface area contributed by atoms with E-state index in [-0.39, 0.29) is 12.0 Å². The first kappa shape index (κ1) is 16.5. The van der Waals surface area contributed by atoms with Crippen LogP contribution in [0.5, 0.6) is 0 Å². The first-order chi connectivity index (χ1) is 9.27. The standard InChI is InChI=1S/C16H31NO2/c1-3-5-6-7-8-9-10-11-15(16(18)19-4-2)17-14-12-13-14/h14-15,17H,3-13H2,1-2H3. The van der Waals surface area contributed by atoms with Gasteiger partial charge in [-0.3, -0.25) is 4.79 Å². The van der Waals surface area contributed by atoms with E-state index in [1.807, 2.05) is 6.92 Å². The summed E-state index contributed by atoms with van der Waals surface area (Å²) in [6.45, 7) is 4.60. The van der Waals surface area contributed by atoms with E-state index in [1.54, 1.807) is 0 Å². The Balaban J connectivity index is 2.08. The SMILES string of the molecule is CCCCCCCCCC(NC1CC1)C(=O)OCC. The summed E-state index contributed by atoms with van der Waals surface area (Å²) in [6, 6.07) is 0.502. The lowest BCUT2D eigenvalue weighted by molar-refractivity contribution is -0.145. The van der Waals surface area contributed by atoms with Crippen molar-refractivity contribution in [3.05, 3.63) is 0 Å². The van der Waals surface area contributed by atoms with Gasteiger partial charge in [0.2, 0.25) is 0 Å². The number of rotatable bonds is 12. The number of ether oxygens (including phenoxy) is 1. The molecule has 19 heavy (non-hydrogen) atoms. The molecule has 3 heteroatoms. The molecule has 0 radical (unpaired) electrons. The van der Waals surface area contributed by atoms with Gasteiger partial charge in [-0.05, 0) is 26.2 Å². The maximum Gasteiger partial charge on any atom is 0.323 e. The van der Waals surface area contributed by atoms with E-state index in [2.05, 4.69) is 12.2 Å². The molecule has 0 spiro atoms. The third kappa shape index (κ3) is 8.25. The Morgan fingerprint density at radius 3 is 2.32 bits per heavy atom. The third-order valence-corrected chi connectivity index (χ3v) is 3.68. The average Bonchev–Trinajstić information content (AvgIpc) is 3.20. The molecular weight excluding hydrogens is 238 g/mol. The summed E-state index contributed by atoms with van der Waals surface area (Å²) in [7, 11) is 0. The number of carbonyl (C=O) groups is 1. The van der Waals surface area contributed by atoms with Crippen molar-refractivity contribution in [1.82, 2.24) is 5.32 Å². The van der Waals surface area contributed by atoms with E-state index in [0.717, 1.165) is 12.8 Å². The molecule has 1 rings (SSSR count). The highest BCUT2D eigenvalue weighted by Gasteiger charge is 2.28.